The number of anilines is 1. The minimum atomic E-state index is -2.03. The molecule has 1 aliphatic heterocycles. The number of unbranched alkanes of at least 4 members (excludes halogenated alkanes) is 2. The van der Waals surface area contributed by atoms with E-state index in [1.165, 1.54) is 0 Å². The van der Waals surface area contributed by atoms with Gasteiger partial charge in [0.25, 0.3) is 5.91 Å². The summed E-state index contributed by atoms with van der Waals surface area (Å²) in [6, 6.07) is 7.82. The first-order valence-corrected chi connectivity index (χ1v) is 14.3. The zero-order valence-corrected chi connectivity index (χ0v) is 22.8. The number of aliphatic hydroxyl groups is 1. The molecule has 3 N–H and O–H groups in total. The Labute approximate surface area is 217 Å². The summed E-state index contributed by atoms with van der Waals surface area (Å²) < 4.78 is 0. The number of benzodiazepines with no additional fused rings is 1. The van der Waals surface area contributed by atoms with E-state index in [0.717, 1.165) is 68.3 Å². The van der Waals surface area contributed by atoms with Crippen LogP contribution in [0.3, 0.4) is 0 Å². The van der Waals surface area contributed by atoms with Crippen LogP contribution in [0.15, 0.2) is 29.3 Å². The van der Waals surface area contributed by atoms with Gasteiger partial charge in [-0.3, -0.25) is 15.3 Å². The van der Waals surface area contributed by atoms with E-state index in [1.807, 2.05) is 24.3 Å². The average molecular weight is 498 g/mol. The quantitative estimate of drug-likeness (QED) is 0.307. The van der Waals surface area contributed by atoms with Crippen LogP contribution in [0.4, 0.5) is 5.69 Å². The fourth-order valence-corrected chi connectivity index (χ4v) is 5.32. The number of para-hydroxylation sites is 1. The molecule has 1 aromatic rings. The van der Waals surface area contributed by atoms with Crippen LogP contribution in [0, 0.1) is 17.8 Å². The second-order valence-corrected chi connectivity index (χ2v) is 10.9. The Hall–Kier alpha value is -2.05. The highest BCUT2D eigenvalue weighted by Gasteiger charge is 2.52. The van der Waals surface area contributed by atoms with Crippen LogP contribution in [-0.4, -0.2) is 40.8 Å². The number of hydrogen-bond acceptors (Lipinski definition) is 5. The zero-order chi connectivity index (χ0) is 26.3. The maximum atomic E-state index is 14.3. The van der Waals surface area contributed by atoms with Crippen molar-refractivity contribution in [1.29, 1.82) is 0 Å². The van der Waals surface area contributed by atoms with E-state index in [-0.39, 0.29) is 5.92 Å². The van der Waals surface area contributed by atoms with Crippen LogP contribution >= 0.6 is 0 Å². The van der Waals surface area contributed by atoms with Crippen LogP contribution in [-0.2, 0) is 9.59 Å². The van der Waals surface area contributed by atoms with Crippen LogP contribution in [0.25, 0.3) is 0 Å². The predicted molar refractivity (Wildman–Crippen MR) is 147 cm³/mol. The van der Waals surface area contributed by atoms with E-state index in [4.69, 9.17) is 10.7 Å². The number of amides is 1. The number of hydrogen-bond donors (Lipinski definition) is 2. The van der Waals surface area contributed by atoms with Gasteiger partial charge in [-0.15, -0.1) is 0 Å². The molecule has 1 heterocycles. The molecule has 1 saturated carbocycles. The first kappa shape index (κ1) is 28.5. The SMILES string of the molecule is CCCCC1=NC(N)(C(=O)[C@H](CC2CC2)[C@@H](O)CCCC)C(=O)N(CC(CC)CC)c2ccccc21. The fraction of sp³-hybridized carbons (Fsp3) is 0.700. The number of carbonyl (C=O) groups excluding carboxylic acids is 2. The number of benzene rings is 1. The maximum Gasteiger partial charge on any atom is 0.277 e. The van der Waals surface area contributed by atoms with E-state index in [2.05, 4.69) is 27.7 Å². The molecule has 2 aliphatic rings. The first-order chi connectivity index (χ1) is 17.3. The van der Waals surface area contributed by atoms with Gasteiger partial charge in [0, 0.05) is 23.7 Å². The third-order valence-corrected chi connectivity index (χ3v) is 8.07. The van der Waals surface area contributed by atoms with Crippen molar-refractivity contribution in [3.63, 3.8) is 0 Å². The molecule has 0 saturated heterocycles. The molecule has 1 fully saturated rings. The van der Waals surface area contributed by atoms with Crippen molar-refractivity contribution >= 4 is 23.1 Å². The van der Waals surface area contributed by atoms with E-state index >= 15 is 0 Å². The van der Waals surface area contributed by atoms with Crippen LogP contribution in [0.5, 0.6) is 0 Å². The summed E-state index contributed by atoms with van der Waals surface area (Å²) >= 11 is 0. The Kier molecular flexibility index (Phi) is 10.3. The van der Waals surface area contributed by atoms with E-state index in [9.17, 15) is 14.7 Å². The number of rotatable bonds is 15. The van der Waals surface area contributed by atoms with Gasteiger partial charge in [-0.05, 0) is 43.6 Å². The molecule has 1 unspecified atom stereocenters. The lowest BCUT2D eigenvalue weighted by molar-refractivity contribution is -0.139. The normalized spacial score (nSPS) is 21.7. The molecule has 1 aliphatic carbocycles. The molecule has 6 heteroatoms. The summed E-state index contributed by atoms with van der Waals surface area (Å²) in [4.78, 5) is 35.1. The first-order valence-electron chi connectivity index (χ1n) is 14.3. The van der Waals surface area contributed by atoms with Gasteiger partial charge in [0.05, 0.1) is 11.8 Å². The van der Waals surface area contributed by atoms with Crippen molar-refractivity contribution in [2.24, 2.45) is 28.5 Å². The molecule has 0 bridgehead atoms. The maximum absolute atomic E-state index is 14.3. The molecule has 3 rings (SSSR count). The highest BCUT2D eigenvalue weighted by molar-refractivity contribution is 6.22. The third-order valence-electron chi connectivity index (χ3n) is 8.07. The van der Waals surface area contributed by atoms with Gasteiger partial charge in [0.2, 0.25) is 5.66 Å². The molecule has 1 aromatic carbocycles. The lowest BCUT2D eigenvalue weighted by Gasteiger charge is -2.34. The number of nitrogens with zero attached hydrogens (tertiary/aromatic N) is 2. The monoisotopic (exact) mass is 497 g/mol. The van der Waals surface area contributed by atoms with Crippen molar-refractivity contribution in [3.8, 4) is 0 Å². The second kappa shape index (κ2) is 13.0. The summed E-state index contributed by atoms with van der Waals surface area (Å²) in [7, 11) is 0. The molecule has 1 amide bonds. The Morgan fingerprint density at radius 2 is 1.81 bits per heavy atom. The number of Topliss-reactive ketones (excluding diaryl/α,β-unsaturated/α-hetero) is 1. The molecular formula is C30H47N3O3. The van der Waals surface area contributed by atoms with Crippen molar-refractivity contribution in [1.82, 2.24) is 0 Å². The molecule has 0 aromatic heterocycles. The fourth-order valence-electron chi connectivity index (χ4n) is 5.32. The average Bonchev–Trinajstić information content (AvgIpc) is 3.72. The Morgan fingerprint density at radius 1 is 1.14 bits per heavy atom. The standard InChI is InChI=1S/C30H47N3O3/c1-5-9-14-25-23-13-11-12-15-26(23)33(20-21(7-3)8-4)29(36)30(31,32-25)28(35)24(19-22-17-18-22)27(34)16-10-6-2/h11-13,15,21-22,24,27,34H,5-10,14,16-20,31H2,1-4H3/t24-,27+,30?/m1/s1. The summed E-state index contributed by atoms with van der Waals surface area (Å²) in [5.41, 5.74) is 7.22. The molecule has 6 nitrogen and oxygen atoms in total. The smallest absolute Gasteiger partial charge is 0.277 e. The number of aliphatic hydroxyl groups excluding tert-OH is 1. The number of ketones is 1. The number of aliphatic imine (C=N–C) groups is 1. The summed E-state index contributed by atoms with van der Waals surface area (Å²) in [5, 5.41) is 11.1. The van der Waals surface area contributed by atoms with Gasteiger partial charge < -0.3 is 10.0 Å². The summed E-state index contributed by atoms with van der Waals surface area (Å²) in [5.74, 6) is -0.844. The number of fused-ring (bicyclic) bond motifs is 1. The topological polar surface area (TPSA) is 96.0 Å². The van der Waals surface area contributed by atoms with Crippen molar-refractivity contribution in [2.45, 2.75) is 110 Å². The van der Waals surface area contributed by atoms with Crippen LogP contribution in [0.1, 0.15) is 104 Å². The third kappa shape index (κ3) is 6.44. The Balaban J connectivity index is 2.10. The molecule has 0 spiro atoms. The minimum Gasteiger partial charge on any atom is -0.392 e. The predicted octanol–water partition coefficient (Wildman–Crippen LogP) is 5.64. The largest absolute Gasteiger partial charge is 0.392 e. The minimum absolute atomic E-state index is 0.288. The number of carbonyl (C=O) groups is 2. The van der Waals surface area contributed by atoms with E-state index < -0.39 is 29.4 Å². The molecule has 36 heavy (non-hydrogen) atoms. The van der Waals surface area contributed by atoms with Crippen molar-refractivity contribution in [2.75, 3.05) is 11.4 Å². The number of nitrogens with two attached hydrogens (primary N) is 1. The van der Waals surface area contributed by atoms with Crippen molar-refractivity contribution < 1.29 is 14.7 Å². The zero-order valence-electron chi connectivity index (χ0n) is 22.8. The van der Waals surface area contributed by atoms with Gasteiger partial charge in [0.15, 0.2) is 5.78 Å². The highest BCUT2D eigenvalue weighted by atomic mass is 16.3. The van der Waals surface area contributed by atoms with Gasteiger partial charge >= 0.3 is 0 Å². The Morgan fingerprint density at radius 3 is 2.42 bits per heavy atom. The van der Waals surface area contributed by atoms with E-state index in [1.54, 1.807) is 4.90 Å². The molecule has 200 valence electrons. The molecule has 0 radical (unpaired) electrons. The van der Waals surface area contributed by atoms with Crippen LogP contribution in [0.2, 0.25) is 0 Å². The second-order valence-electron chi connectivity index (χ2n) is 10.9. The van der Waals surface area contributed by atoms with Crippen LogP contribution < -0.4 is 10.6 Å². The summed E-state index contributed by atoms with van der Waals surface area (Å²) in [6.45, 7) is 8.94. The lowest BCUT2D eigenvalue weighted by Crippen LogP contribution is -2.62. The Bertz CT molecular complexity index is 922. The molecule has 3 atom stereocenters. The summed E-state index contributed by atoms with van der Waals surface area (Å²) in [6.07, 6.45) is 8.57. The van der Waals surface area contributed by atoms with Gasteiger partial charge in [0.1, 0.15) is 0 Å². The van der Waals surface area contributed by atoms with Gasteiger partial charge in [-0.2, -0.15) is 0 Å². The van der Waals surface area contributed by atoms with Gasteiger partial charge in [-0.1, -0.05) is 90.8 Å². The van der Waals surface area contributed by atoms with E-state index in [0.29, 0.717) is 31.7 Å². The molecular weight excluding hydrogens is 450 g/mol. The van der Waals surface area contributed by atoms with Crippen molar-refractivity contribution in [3.05, 3.63) is 29.8 Å². The van der Waals surface area contributed by atoms with Gasteiger partial charge in [-0.25, -0.2) is 4.99 Å². The lowest BCUT2D eigenvalue weighted by atomic mass is 9.82. The highest BCUT2D eigenvalue weighted by Crippen LogP contribution is 2.40.